The van der Waals surface area contributed by atoms with Crippen LogP contribution in [0.3, 0.4) is 0 Å². The highest BCUT2D eigenvalue weighted by Gasteiger charge is 2.58. The molecule has 2 heterocycles. The number of likely N-dealkylation sites (N-methyl/N-ethyl adjacent to an activating group) is 1. The maximum absolute atomic E-state index is 12.7. The maximum Gasteiger partial charge on any atom is 0.363 e. The molecule has 1 aliphatic heterocycles. The number of hydrogen-bond acceptors (Lipinski definition) is 10. The van der Waals surface area contributed by atoms with Crippen LogP contribution in [-0.4, -0.2) is 95.7 Å². The number of aromatic nitrogens is 1. The Morgan fingerprint density at radius 2 is 2.06 bits per heavy atom. The summed E-state index contributed by atoms with van der Waals surface area (Å²) in [6.07, 6.45) is 0. The van der Waals surface area contributed by atoms with Crippen molar-refractivity contribution in [3.63, 3.8) is 0 Å². The van der Waals surface area contributed by atoms with Crippen molar-refractivity contribution in [1.82, 2.24) is 19.5 Å². The third-order valence-electron chi connectivity index (χ3n) is 3.79. The minimum absolute atomic E-state index is 0.0317. The highest BCUT2D eigenvalue weighted by atomic mass is 35.5. The Hall–Kier alpha value is -2.82. The number of β-lactam (4-membered cyclic amide) rings is 1. The Bertz CT molecular complexity index is 1040. The molecule has 31 heavy (non-hydrogen) atoms. The van der Waals surface area contributed by atoms with Gasteiger partial charge in [0.05, 0.1) is 0 Å². The highest BCUT2D eigenvalue weighted by molar-refractivity contribution is 7.84. The first kappa shape index (κ1) is 24.4. The lowest BCUT2D eigenvalue weighted by Gasteiger charge is -2.43. The number of rotatable bonds is 8. The predicted molar refractivity (Wildman–Crippen MR) is 108 cm³/mol. The third-order valence-corrected chi connectivity index (χ3v) is 5.70. The molecular weight excluding hydrogens is 480 g/mol. The van der Waals surface area contributed by atoms with Crippen molar-refractivity contribution in [3.05, 3.63) is 11.1 Å². The summed E-state index contributed by atoms with van der Waals surface area (Å²) in [5, 5.41) is 9.57. The predicted octanol–water partition coefficient (Wildman–Crippen LogP) is -1.74. The number of thiazole rings is 1. The third kappa shape index (κ3) is 5.27. The van der Waals surface area contributed by atoms with Crippen molar-refractivity contribution in [1.29, 1.82) is 0 Å². The van der Waals surface area contributed by atoms with E-state index >= 15 is 0 Å². The van der Waals surface area contributed by atoms with Crippen molar-refractivity contribution < 1.29 is 37.0 Å². The largest absolute Gasteiger partial charge is 0.398 e. The molecular formula is C14H17ClN6O8S2. The minimum atomic E-state index is -5.04. The van der Waals surface area contributed by atoms with E-state index in [2.05, 4.69) is 25.6 Å². The van der Waals surface area contributed by atoms with Crippen LogP contribution in [0, 0.1) is 0 Å². The summed E-state index contributed by atoms with van der Waals surface area (Å²) in [4.78, 5) is 58.2. The normalized spacial score (nSPS) is 18.8. The van der Waals surface area contributed by atoms with Gasteiger partial charge in [0.2, 0.25) is 11.8 Å². The van der Waals surface area contributed by atoms with Gasteiger partial charge in [0.15, 0.2) is 16.9 Å². The molecule has 0 radical (unpaired) electrons. The van der Waals surface area contributed by atoms with Gasteiger partial charge < -0.3 is 20.4 Å². The summed E-state index contributed by atoms with van der Waals surface area (Å²) >= 11 is 6.35. The lowest BCUT2D eigenvalue weighted by molar-refractivity contribution is -0.155. The lowest BCUT2D eigenvalue weighted by atomic mass is 9.97. The number of oxime groups is 1. The van der Waals surface area contributed by atoms with E-state index in [-0.39, 0.29) is 21.0 Å². The number of carbonyl (C=O) groups is 4. The average Bonchev–Trinajstić information content (AvgIpc) is 3.13. The molecule has 1 saturated heterocycles. The number of alkyl halides is 1. The van der Waals surface area contributed by atoms with Crippen molar-refractivity contribution in [2.24, 2.45) is 5.16 Å². The quantitative estimate of drug-likeness (QED) is 0.123. The van der Waals surface area contributed by atoms with E-state index in [1.165, 1.54) is 19.5 Å². The van der Waals surface area contributed by atoms with E-state index in [0.29, 0.717) is 0 Å². The van der Waals surface area contributed by atoms with Gasteiger partial charge >= 0.3 is 10.3 Å². The maximum atomic E-state index is 12.7. The minimum Gasteiger partial charge on any atom is -0.398 e. The van der Waals surface area contributed by atoms with Gasteiger partial charge in [0.1, 0.15) is 24.7 Å². The zero-order chi connectivity index (χ0) is 23.5. The number of hydrogen-bond donors (Lipinski definition) is 3. The number of nitrogens with zero attached hydrogens (tertiary/aromatic N) is 4. The van der Waals surface area contributed by atoms with Gasteiger partial charge in [0, 0.05) is 19.5 Å². The highest BCUT2D eigenvalue weighted by Crippen LogP contribution is 2.25. The molecule has 0 aliphatic carbocycles. The summed E-state index contributed by atoms with van der Waals surface area (Å²) in [5.41, 5.74) is -0.456. The van der Waals surface area contributed by atoms with Gasteiger partial charge in [-0.3, -0.25) is 23.7 Å². The van der Waals surface area contributed by atoms with Crippen molar-refractivity contribution in [3.8, 4) is 0 Å². The zero-order valence-electron chi connectivity index (χ0n) is 16.2. The van der Waals surface area contributed by atoms with Crippen LogP contribution in [0.15, 0.2) is 10.5 Å². The summed E-state index contributed by atoms with van der Waals surface area (Å²) in [7, 11) is -1.29. The van der Waals surface area contributed by atoms with Crippen molar-refractivity contribution >= 4 is 67.7 Å². The van der Waals surface area contributed by atoms with E-state index in [1.54, 1.807) is 0 Å². The number of amides is 4. The number of nitrogens with one attached hydrogen (secondary N) is 2. The molecule has 1 aliphatic rings. The summed E-state index contributed by atoms with van der Waals surface area (Å²) in [5.74, 6) is -3.95. The van der Waals surface area contributed by atoms with E-state index in [9.17, 15) is 32.1 Å². The molecule has 1 fully saturated rings. The van der Waals surface area contributed by atoms with Gasteiger partial charge in [-0.05, 0) is 0 Å². The molecule has 0 saturated carbocycles. The van der Waals surface area contributed by atoms with Gasteiger partial charge in [-0.25, -0.2) is 4.98 Å². The van der Waals surface area contributed by atoms with Crippen LogP contribution in [0.25, 0.3) is 0 Å². The van der Waals surface area contributed by atoms with E-state index < -0.39 is 51.7 Å². The second-order valence-corrected chi connectivity index (χ2v) is 8.50. The van der Waals surface area contributed by atoms with Crippen LogP contribution in [0.2, 0.25) is 0 Å². The fourth-order valence-electron chi connectivity index (χ4n) is 2.47. The molecule has 3 N–H and O–H groups in total. The summed E-state index contributed by atoms with van der Waals surface area (Å²) < 4.78 is 32.1. The van der Waals surface area contributed by atoms with Crippen LogP contribution in [0.5, 0.6) is 0 Å². The second-order valence-electron chi connectivity index (χ2n) is 6.08. The molecule has 0 aromatic carbocycles. The second kappa shape index (κ2) is 9.54. The summed E-state index contributed by atoms with van der Waals surface area (Å²) in [6.45, 7) is 0. The van der Waals surface area contributed by atoms with Crippen LogP contribution in [0.1, 0.15) is 5.69 Å². The van der Waals surface area contributed by atoms with E-state index in [0.717, 1.165) is 23.3 Å². The Morgan fingerprint density at radius 1 is 1.42 bits per heavy atom. The zero-order valence-corrected chi connectivity index (χ0v) is 18.6. The molecule has 2 atom stereocenters. The molecule has 4 amide bonds. The molecule has 1 aromatic heterocycles. The van der Waals surface area contributed by atoms with Crippen LogP contribution in [0.4, 0.5) is 5.13 Å². The first-order chi connectivity index (χ1) is 14.4. The van der Waals surface area contributed by atoms with E-state index in [4.69, 9.17) is 11.6 Å². The SMILES string of the molecule is CON=C(C(=O)NC1C(=O)N(S(=O)(=O)O)C1C(=O)N(C)C)c1csc(NC(=O)CCl)n1. The number of anilines is 1. The van der Waals surface area contributed by atoms with Gasteiger partial charge in [-0.15, -0.1) is 22.9 Å². The van der Waals surface area contributed by atoms with Crippen molar-refractivity contribution in [2.45, 2.75) is 12.1 Å². The van der Waals surface area contributed by atoms with Gasteiger partial charge in [0.25, 0.3) is 11.8 Å². The number of carbonyl (C=O) groups excluding carboxylic acids is 4. The molecule has 2 unspecified atom stereocenters. The Labute approximate surface area is 185 Å². The molecule has 0 spiro atoms. The van der Waals surface area contributed by atoms with Gasteiger partial charge in [-0.2, -0.15) is 12.7 Å². The topological polar surface area (TPSA) is 188 Å². The number of halogens is 1. The Morgan fingerprint density at radius 3 is 2.58 bits per heavy atom. The fraction of sp³-hybridized carbons (Fsp3) is 0.429. The monoisotopic (exact) mass is 496 g/mol. The van der Waals surface area contributed by atoms with Crippen LogP contribution >= 0.6 is 22.9 Å². The molecule has 170 valence electrons. The molecule has 14 nitrogen and oxygen atoms in total. The van der Waals surface area contributed by atoms with Crippen molar-refractivity contribution in [2.75, 3.05) is 32.4 Å². The standard InChI is InChI=1S/C14H17ClN6O8S2/c1-20(2)13(25)10-9(12(24)21(10)31(26,27)28)18-11(23)8(19-29-3)6-5-30-14(16-6)17-7(22)4-15/h5,9-10H,4H2,1-3H3,(H,18,23)(H,16,17,22)(H,26,27,28). The van der Waals surface area contributed by atoms with Crippen LogP contribution in [-0.2, 0) is 34.3 Å². The molecule has 0 bridgehead atoms. The lowest BCUT2D eigenvalue weighted by Crippen LogP contribution is -2.75. The fourth-order valence-corrected chi connectivity index (χ4v) is 4.08. The average molecular weight is 497 g/mol. The molecule has 17 heteroatoms. The van der Waals surface area contributed by atoms with Crippen LogP contribution < -0.4 is 10.6 Å². The molecule has 2 rings (SSSR count). The van der Waals surface area contributed by atoms with Gasteiger partial charge in [-0.1, -0.05) is 5.16 Å². The smallest absolute Gasteiger partial charge is 0.363 e. The Kier molecular flexibility index (Phi) is 7.53. The molecule has 1 aromatic rings. The van der Waals surface area contributed by atoms with E-state index in [1.807, 2.05) is 0 Å². The Balaban J connectivity index is 2.27. The summed E-state index contributed by atoms with van der Waals surface area (Å²) in [6, 6.07) is -3.29. The first-order valence-corrected chi connectivity index (χ1v) is 11.0. The first-order valence-electron chi connectivity index (χ1n) is 8.18.